The van der Waals surface area contributed by atoms with Crippen molar-refractivity contribution < 1.29 is 14.3 Å². The van der Waals surface area contributed by atoms with E-state index in [1.165, 1.54) is 4.90 Å². The standard InChI is InChI=1S/C16H22N2O3S/c19-15(6-7-16(20)18-9-11-21-12-10-18)17-8-13-22-14-4-2-1-3-5-14/h1-5H,6-13H2,(H,17,19). The van der Waals surface area contributed by atoms with E-state index >= 15 is 0 Å². The number of rotatable bonds is 7. The Kier molecular flexibility index (Phi) is 7.25. The van der Waals surface area contributed by atoms with Gasteiger partial charge in [-0.15, -0.1) is 11.8 Å². The number of carbonyl (C=O) groups is 2. The Bertz CT molecular complexity index is 476. The molecule has 0 atom stereocenters. The van der Waals surface area contributed by atoms with Crippen molar-refractivity contribution in [1.82, 2.24) is 10.2 Å². The second-order valence-electron chi connectivity index (χ2n) is 5.00. The zero-order valence-electron chi connectivity index (χ0n) is 12.6. The predicted molar refractivity (Wildman–Crippen MR) is 86.8 cm³/mol. The largest absolute Gasteiger partial charge is 0.378 e. The lowest BCUT2D eigenvalue weighted by Crippen LogP contribution is -2.41. The number of hydrogen-bond acceptors (Lipinski definition) is 4. The fourth-order valence-electron chi connectivity index (χ4n) is 2.16. The number of nitrogens with one attached hydrogen (secondary N) is 1. The topological polar surface area (TPSA) is 58.6 Å². The quantitative estimate of drug-likeness (QED) is 0.611. The molecule has 22 heavy (non-hydrogen) atoms. The Morgan fingerprint density at radius 3 is 2.59 bits per heavy atom. The van der Waals surface area contributed by atoms with E-state index in [0.717, 1.165) is 5.75 Å². The molecule has 1 aliphatic heterocycles. The van der Waals surface area contributed by atoms with E-state index in [4.69, 9.17) is 4.74 Å². The molecular formula is C16H22N2O3S. The van der Waals surface area contributed by atoms with E-state index in [-0.39, 0.29) is 24.7 Å². The van der Waals surface area contributed by atoms with Gasteiger partial charge in [0.15, 0.2) is 0 Å². The van der Waals surface area contributed by atoms with E-state index in [0.29, 0.717) is 32.8 Å². The first-order valence-corrected chi connectivity index (χ1v) is 8.54. The molecular weight excluding hydrogens is 300 g/mol. The summed E-state index contributed by atoms with van der Waals surface area (Å²) < 4.78 is 5.20. The van der Waals surface area contributed by atoms with Gasteiger partial charge in [-0.1, -0.05) is 18.2 Å². The smallest absolute Gasteiger partial charge is 0.223 e. The summed E-state index contributed by atoms with van der Waals surface area (Å²) in [5.41, 5.74) is 0. The summed E-state index contributed by atoms with van der Waals surface area (Å²) in [4.78, 5) is 26.6. The average Bonchev–Trinajstić information content (AvgIpc) is 2.58. The Morgan fingerprint density at radius 1 is 1.14 bits per heavy atom. The van der Waals surface area contributed by atoms with Gasteiger partial charge in [-0.25, -0.2) is 0 Å². The number of carbonyl (C=O) groups excluding carboxylic acids is 2. The van der Waals surface area contributed by atoms with Crippen LogP contribution in [-0.2, 0) is 14.3 Å². The number of hydrogen-bond donors (Lipinski definition) is 1. The minimum absolute atomic E-state index is 0.0390. The molecule has 0 bridgehead atoms. The van der Waals surface area contributed by atoms with Crippen molar-refractivity contribution in [3.8, 4) is 0 Å². The van der Waals surface area contributed by atoms with E-state index in [9.17, 15) is 9.59 Å². The Labute approximate surface area is 135 Å². The highest BCUT2D eigenvalue weighted by atomic mass is 32.2. The van der Waals surface area contributed by atoms with Gasteiger partial charge in [0.25, 0.3) is 0 Å². The third-order valence-corrected chi connectivity index (χ3v) is 4.38. The number of morpholine rings is 1. The molecule has 6 heteroatoms. The second kappa shape index (κ2) is 9.48. The third-order valence-electron chi connectivity index (χ3n) is 3.37. The van der Waals surface area contributed by atoms with Crippen molar-refractivity contribution in [3.05, 3.63) is 30.3 Å². The summed E-state index contributed by atoms with van der Waals surface area (Å²) in [7, 11) is 0. The molecule has 2 amide bonds. The number of thioether (sulfide) groups is 1. The van der Waals surface area contributed by atoms with Crippen LogP contribution < -0.4 is 5.32 Å². The van der Waals surface area contributed by atoms with Crippen LogP contribution in [0.25, 0.3) is 0 Å². The molecule has 0 unspecified atom stereocenters. The molecule has 2 rings (SSSR count). The van der Waals surface area contributed by atoms with Gasteiger partial charge >= 0.3 is 0 Å². The van der Waals surface area contributed by atoms with Gasteiger partial charge in [0.1, 0.15) is 0 Å². The molecule has 0 aromatic heterocycles. The summed E-state index contributed by atoms with van der Waals surface area (Å²) >= 11 is 1.71. The molecule has 120 valence electrons. The molecule has 1 heterocycles. The molecule has 5 nitrogen and oxygen atoms in total. The maximum atomic E-state index is 11.9. The summed E-state index contributed by atoms with van der Waals surface area (Å²) in [6, 6.07) is 10.1. The van der Waals surface area contributed by atoms with E-state index in [1.807, 2.05) is 30.3 Å². The van der Waals surface area contributed by atoms with Crippen LogP contribution in [0.5, 0.6) is 0 Å². The fraction of sp³-hybridized carbons (Fsp3) is 0.500. The normalized spacial score (nSPS) is 14.6. The molecule has 1 fully saturated rings. The van der Waals surface area contributed by atoms with Crippen LogP contribution >= 0.6 is 11.8 Å². The number of benzene rings is 1. The number of amides is 2. The van der Waals surface area contributed by atoms with Crippen molar-refractivity contribution in [2.45, 2.75) is 17.7 Å². The van der Waals surface area contributed by atoms with Crippen LogP contribution in [-0.4, -0.2) is 55.3 Å². The van der Waals surface area contributed by atoms with Gasteiger partial charge in [-0.05, 0) is 12.1 Å². The summed E-state index contributed by atoms with van der Waals surface area (Å²) in [6.07, 6.45) is 0.532. The van der Waals surface area contributed by atoms with Crippen molar-refractivity contribution in [2.24, 2.45) is 0 Å². The lowest BCUT2D eigenvalue weighted by atomic mass is 10.2. The van der Waals surface area contributed by atoms with Crippen LogP contribution in [0.1, 0.15) is 12.8 Å². The fourth-order valence-corrected chi connectivity index (χ4v) is 2.95. The zero-order chi connectivity index (χ0) is 15.6. The van der Waals surface area contributed by atoms with Gasteiger partial charge < -0.3 is 15.0 Å². The molecule has 0 aliphatic carbocycles. The molecule has 1 aliphatic rings. The molecule has 1 aromatic rings. The lowest BCUT2D eigenvalue weighted by Gasteiger charge is -2.26. The highest BCUT2D eigenvalue weighted by molar-refractivity contribution is 7.99. The summed E-state index contributed by atoms with van der Waals surface area (Å²) in [5.74, 6) is 0.806. The lowest BCUT2D eigenvalue weighted by molar-refractivity contribution is -0.137. The van der Waals surface area contributed by atoms with Crippen LogP contribution in [0.3, 0.4) is 0 Å². The van der Waals surface area contributed by atoms with E-state index in [1.54, 1.807) is 16.7 Å². The molecule has 1 saturated heterocycles. The van der Waals surface area contributed by atoms with Gasteiger partial charge in [0.05, 0.1) is 13.2 Å². The zero-order valence-corrected chi connectivity index (χ0v) is 13.4. The highest BCUT2D eigenvalue weighted by Gasteiger charge is 2.17. The predicted octanol–water partition coefficient (Wildman–Crippen LogP) is 1.53. The van der Waals surface area contributed by atoms with Crippen molar-refractivity contribution in [2.75, 3.05) is 38.6 Å². The summed E-state index contributed by atoms with van der Waals surface area (Å²) in [5, 5.41) is 2.86. The van der Waals surface area contributed by atoms with E-state index < -0.39 is 0 Å². The van der Waals surface area contributed by atoms with Crippen LogP contribution in [0.2, 0.25) is 0 Å². The van der Waals surface area contributed by atoms with Gasteiger partial charge in [-0.2, -0.15) is 0 Å². The first-order valence-electron chi connectivity index (χ1n) is 7.56. The highest BCUT2D eigenvalue weighted by Crippen LogP contribution is 2.15. The van der Waals surface area contributed by atoms with Crippen molar-refractivity contribution in [3.63, 3.8) is 0 Å². The van der Waals surface area contributed by atoms with Crippen LogP contribution in [0, 0.1) is 0 Å². The van der Waals surface area contributed by atoms with Crippen LogP contribution in [0.15, 0.2) is 35.2 Å². The first-order chi connectivity index (χ1) is 10.8. The Balaban J connectivity index is 1.55. The van der Waals surface area contributed by atoms with E-state index in [2.05, 4.69) is 5.32 Å². The van der Waals surface area contributed by atoms with Gasteiger partial charge in [0, 0.05) is 43.1 Å². The SMILES string of the molecule is O=C(CCC(=O)N1CCOCC1)NCCSc1ccccc1. The number of ether oxygens (including phenoxy) is 1. The average molecular weight is 322 g/mol. The monoisotopic (exact) mass is 322 g/mol. The first kappa shape index (κ1) is 16.8. The Morgan fingerprint density at radius 2 is 1.86 bits per heavy atom. The second-order valence-corrected chi connectivity index (χ2v) is 6.17. The minimum atomic E-state index is -0.0599. The van der Waals surface area contributed by atoms with Crippen molar-refractivity contribution in [1.29, 1.82) is 0 Å². The van der Waals surface area contributed by atoms with Gasteiger partial charge in [0.2, 0.25) is 11.8 Å². The molecule has 0 radical (unpaired) electrons. The number of nitrogens with zero attached hydrogens (tertiary/aromatic N) is 1. The molecule has 1 N–H and O–H groups in total. The van der Waals surface area contributed by atoms with Crippen LogP contribution in [0.4, 0.5) is 0 Å². The molecule has 0 saturated carbocycles. The van der Waals surface area contributed by atoms with Crippen molar-refractivity contribution >= 4 is 23.6 Å². The Hall–Kier alpha value is -1.53. The maximum Gasteiger partial charge on any atom is 0.223 e. The maximum absolute atomic E-state index is 11.9. The molecule has 0 spiro atoms. The third kappa shape index (κ3) is 6.07. The molecule has 1 aromatic carbocycles. The van der Waals surface area contributed by atoms with Gasteiger partial charge in [-0.3, -0.25) is 9.59 Å². The summed E-state index contributed by atoms with van der Waals surface area (Å²) in [6.45, 7) is 3.07. The minimum Gasteiger partial charge on any atom is -0.378 e.